The molecule has 0 aliphatic rings. The number of anilines is 1. The van der Waals surface area contributed by atoms with Crippen molar-refractivity contribution in [1.29, 1.82) is 0 Å². The average molecular weight is 366 g/mol. The van der Waals surface area contributed by atoms with E-state index >= 15 is 0 Å². The maximum Gasteiger partial charge on any atom is 0.345 e. The summed E-state index contributed by atoms with van der Waals surface area (Å²) in [6.45, 7) is 1.99. The van der Waals surface area contributed by atoms with Gasteiger partial charge in [-0.1, -0.05) is 28.1 Å². The maximum absolute atomic E-state index is 11.8. The van der Waals surface area contributed by atoms with Gasteiger partial charge >= 0.3 is 5.97 Å². The SMILES string of the molecule is Cc1ccc(/C=C/C(=O)Nc2ccc(C(=O)O)s2)c(Br)c1. The minimum atomic E-state index is -1.00. The Hall–Kier alpha value is -1.92. The third kappa shape index (κ3) is 4.27. The molecule has 2 N–H and O–H groups in total. The first-order valence-electron chi connectivity index (χ1n) is 6.04. The molecule has 0 atom stereocenters. The number of hydrogen-bond donors (Lipinski definition) is 2. The summed E-state index contributed by atoms with van der Waals surface area (Å²) in [5, 5.41) is 12.0. The van der Waals surface area contributed by atoms with E-state index in [1.54, 1.807) is 12.1 Å². The molecule has 4 nitrogen and oxygen atoms in total. The Morgan fingerprint density at radius 3 is 2.67 bits per heavy atom. The van der Waals surface area contributed by atoms with E-state index in [1.165, 1.54) is 12.1 Å². The van der Waals surface area contributed by atoms with Crippen molar-refractivity contribution >= 4 is 50.2 Å². The zero-order valence-electron chi connectivity index (χ0n) is 11.1. The lowest BCUT2D eigenvalue weighted by Gasteiger charge is -2.00. The quantitative estimate of drug-likeness (QED) is 0.799. The number of rotatable bonds is 4. The Morgan fingerprint density at radius 2 is 2.05 bits per heavy atom. The molecule has 1 heterocycles. The molecule has 0 saturated carbocycles. The van der Waals surface area contributed by atoms with E-state index in [4.69, 9.17) is 5.11 Å². The topological polar surface area (TPSA) is 66.4 Å². The normalized spacial score (nSPS) is 10.8. The highest BCUT2D eigenvalue weighted by Crippen LogP contribution is 2.22. The number of amides is 1. The lowest BCUT2D eigenvalue weighted by Crippen LogP contribution is -2.06. The molecule has 0 aliphatic heterocycles. The molecule has 2 rings (SSSR count). The fourth-order valence-corrected chi connectivity index (χ4v) is 2.99. The van der Waals surface area contributed by atoms with Gasteiger partial charge in [0.25, 0.3) is 0 Å². The predicted octanol–water partition coefficient (Wildman–Crippen LogP) is 4.17. The van der Waals surface area contributed by atoms with Crippen LogP contribution < -0.4 is 5.32 Å². The molecule has 0 radical (unpaired) electrons. The zero-order chi connectivity index (χ0) is 15.4. The number of nitrogens with one attached hydrogen (secondary N) is 1. The van der Waals surface area contributed by atoms with E-state index in [-0.39, 0.29) is 10.8 Å². The number of halogens is 1. The van der Waals surface area contributed by atoms with Crippen LogP contribution in [-0.4, -0.2) is 17.0 Å². The minimum Gasteiger partial charge on any atom is -0.477 e. The first kappa shape index (κ1) is 15.5. The minimum absolute atomic E-state index is 0.190. The van der Waals surface area contributed by atoms with Crippen LogP contribution in [0.2, 0.25) is 0 Å². The van der Waals surface area contributed by atoms with Crippen LogP contribution in [0.5, 0.6) is 0 Å². The van der Waals surface area contributed by atoms with Gasteiger partial charge in [-0.15, -0.1) is 11.3 Å². The first-order chi connectivity index (χ1) is 9.95. The summed E-state index contributed by atoms with van der Waals surface area (Å²) >= 11 is 4.46. The molecule has 1 aromatic carbocycles. The van der Waals surface area contributed by atoms with E-state index in [2.05, 4.69) is 21.2 Å². The molecule has 1 amide bonds. The van der Waals surface area contributed by atoms with Gasteiger partial charge in [0.1, 0.15) is 4.88 Å². The largest absolute Gasteiger partial charge is 0.477 e. The second-order valence-electron chi connectivity index (χ2n) is 4.32. The van der Waals surface area contributed by atoms with Gasteiger partial charge in [0.05, 0.1) is 5.00 Å². The number of carbonyl (C=O) groups is 2. The molecule has 0 fully saturated rings. The average Bonchev–Trinajstić information content (AvgIpc) is 2.86. The Balaban J connectivity index is 2.03. The summed E-state index contributed by atoms with van der Waals surface area (Å²) < 4.78 is 0.913. The van der Waals surface area contributed by atoms with Crippen LogP contribution in [-0.2, 0) is 4.79 Å². The molecule has 0 saturated heterocycles. The van der Waals surface area contributed by atoms with Gasteiger partial charge in [0, 0.05) is 10.5 Å². The molecule has 0 bridgehead atoms. The Bertz CT molecular complexity index is 721. The lowest BCUT2D eigenvalue weighted by molar-refractivity contribution is -0.111. The number of thiophene rings is 1. The van der Waals surface area contributed by atoms with Crippen molar-refractivity contribution in [1.82, 2.24) is 0 Å². The highest BCUT2D eigenvalue weighted by atomic mass is 79.9. The van der Waals surface area contributed by atoms with Crippen LogP contribution in [0.4, 0.5) is 5.00 Å². The van der Waals surface area contributed by atoms with Gasteiger partial charge in [-0.25, -0.2) is 4.79 Å². The number of carboxylic acids is 1. The molecular formula is C15H12BrNO3S. The van der Waals surface area contributed by atoms with Gasteiger partial charge in [-0.3, -0.25) is 4.79 Å². The van der Waals surface area contributed by atoms with Crippen molar-refractivity contribution in [2.75, 3.05) is 5.32 Å². The van der Waals surface area contributed by atoms with E-state index in [0.717, 1.165) is 26.9 Å². The summed E-state index contributed by atoms with van der Waals surface area (Å²) in [4.78, 5) is 22.7. The maximum atomic E-state index is 11.8. The van der Waals surface area contributed by atoms with Crippen molar-refractivity contribution in [3.05, 3.63) is 56.9 Å². The highest BCUT2D eigenvalue weighted by molar-refractivity contribution is 9.10. The van der Waals surface area contributed by atoms with Crippen LogP contribution >= 0.6 is 27.3 Å². The number of aromatic carboxylic acids is 1. The molecule has 0 spiro atoms. The second kappa shape index (κ2) is 6.69. The van der Waals surface area contributed by atoms with Crippen molar-refractivity contribution in [3.63, 3.8) is 0 Å². The molecule has 1 aromatic heterocycles. The Kier molecular flexibility index (Phi) is 4.93. The monoisotopic (exact) mass is 365 g/mol. The fourth-order valence-electron chi connectivity index (χ4n) is 1.62. The van der Waals surface area contributed by atoms with E-state index in [1.807, 2.05) is 25.1 Å². The van der Waals surface area contributed by atoms with Crippen molar-refractivity contribution in [2.45, 2.75) is 6.92 Å². The zero-order valence-corrected chi connectivity index (χ0v) is 13.5. The smallest absolute Gasteiger partial charge is 0.345 e. The van der Waals surface area contributed by atoms with E-state index in [0.29, 0.717) is 5.00 Å². The fraction of sp³-hybridized carbons (Fsp3) is 0.0667. The van der Waals surface area contributed by atoms with E-state index < -0.39 is 5.97 Å². The van der Waals surface area contributed by atoms with Gasteiger partial charge in [-0.05, 0) is 42.3 Å². The molecule has 6 heteroatoms. The lowest BCUT2D eigenvalue weighted by atomic mass is 10.1. The highest BCUT2D eigenvalue weighted by Gasteiger charge is 2.08. The summed E-state index contributed by atoms with van der Waals surface area (Å²) in [5.41, 5.74) is 2.02. The van der Waals surface area contributed by atoms with Crippen molar-refractivity contribution < 1.29 is 14.7 Å². The molecule has 0 aliphatic carbocycles. The standard InChI is InChI=1S/C15H12BrNO3S/c1-9-2-3-10(11(16)8-9)4-6-13(18)17-14-7-5-12(21-14)15(19)20/h2-8H,1H3,(H,17,18)(H,19,20)/b6-4+. The Morgan fingerprint density at radius 1 is 1.29 bits per heavy atom. The number of carbonyl (C=O) groups excluding carboxylic acids is 1. The number of aryl methyl sites for hydroxylation is 1. The van der Waals surface area contributed by atoms with Gasteiger partial charge in [0.15, 0.2) is 0 Å². The second-order valence-corrected chi connectivity index (χ2v) is 6.25. The molecule has 21 heavy (non-hydrogen) atoms. The molecular weight excluding hydrogens is 354 g/mol. The predicted molar refractivity (Wildman–Crippen MR) is 87.8 cm³/mol. The van der Waals surface area contributed by atoms with Gasteiger partial charge in [-0.2, -0.15) is 0 Å². The van der Waals surface area contributed by atoms with Crippen molar-refractivity contribution in [3.8, 4) is 0 Å². The number of hydrogen-bond acceptors (Lipinski definition) is 3. The summed E-state index contributed by atoms with van der Waals surface area (Å²) in [5.74, 6) is -1.30. The van der Waals surface area contributed by atoms with Crippen molar-refractivity contribution in [2.24, 2.45) is 0 Å². The third-order valence-corrected chi connectivity index (χ3v) is 4.31. The van der Waals surface area contributed by atoms with Crippen LogP contribution in [0.3, 0.4) is 0 Å². The van der Waals surface area contributed by atoms with Crippen LogP contribution in [0.1, 0.15) is 20.8 Å². The van der Waals surface area contributed by atoms with E-state index in [9.17, 15) is 9.59 Å². The van der Waals surface area contributed by atoms with Gasteiger partial charge < -0.3 is 10.4 Å². The molecule has 0 unspecified atom stereocenters. The van der Waals surface area contributed by atoms with Crippen LogP contribution in [0, 0.1) is 6.92 Å². The Labute approximate surface area is 134 Å². The molecule has 108 valence electrons. The van der Waals surface area contributed by atoms with Crippen LogP contribution in [0.25, 0.3) is 6.08 Å². The number of benzene rings is 1. The first-order valence-corrected chi connectivity index (χ1v) is 7.65. The summed E-state index contributed by atoms with van der Waals surface area (Å²) in [7, 11) is 0. The van der Waals surface area contributed by atoms with Gasteiger partial charge in [0.2, 0.25) is 5.91 Å². The summed E-state index contributed by atoms with van der Waals surface area (Å²) in [6, 6.07) is 8.87. The summed E-state index contributed by atoms with van der Waals surface area (Å²) in [6.07, 6.45) is 3.11. The number of carboxylic acid groups (broad SMARTS) is 1. The molecule has 2 aromatic rings. The third-order valence-electron chi connectivity index (χ3n) is 2.63. The van der Waals surface area contributed by atoms with Crippen LogP contribution in [0.15, 0.2) is 40.9 Å².